The van der Waals surface area contributed by atoms with Gasteiger partial charge in [-0.25, -0.2) is 4.79 Å². The molecule has 0 bridgehead atoms. The summed E-state index contributed by atoms with van der Waals surface area (Å²) in [5, 5.41) is 5.07. The Labute approximate surface area is 189 Å². The Hall–Kier alpha value is -3.10. The lowest BCUT2D eigenvalue weighted by Crippen LogP contribution is -2.54. The van der Waals surface area contributed by atoms with E-state index in [2.05, 4.69) is 15.4 Å². The number of nitrogens with zero attached hydrogens (tertiary/aromatic N) is 1. The van der Waals surface area contributed by atoms with E-state index in [1.54, 1.807) is 46.8 Å². The zero-order valence-corrected chi connectivity index (χ0v) is 20.1. The number of carbonyl (C=O) groups is 4. The van der Waals surface area contributed by atoms with Gasteiger partial charge >= 0.3 is 12.1 Å². The first-order chi connectivity index (χ1) is 14.8. The predicted octanol–water partition coefficient (Wildman–Crippen LogP) is 2.48. The van der Waals surface area contributed by atoms with Gasteiger partial charge in [0.15, 0.2) is 0 Å². The summed E-state index contributed by atoms with van der Waals surface area (Å²) in [5.41, 5.74) is 0.695. The Balaban J connectivity index is 3.27. The second-order valence-electron chi connectivity index (χ2n) is 8.76. The molecule has 2 atom stereocenters. The number of alkyl carbamates (subject to hydrolysis) is 1. The number of hydrogen-bond donors (Lipinski definition) is 2. The van der Waals surface area contributed by atoms with E-state index in [1.165, 1.54) is 18.9 Å². The fraction of sp³-hybridized carbons (Fsp3) is 0.565. The summed E-state index contributed by atoms with van der Waals surface area (Å²) in [4.78, 5) is 51.7. The van der Waals surface area contributed by atoms with Gasteiger partial charge in [0.05, 0.1) is 7.11 Å². The highest BCUT2D eigenvalue weighted by atomic mass is 16.6. The van der Waals surface area contributed by atoms with Crippen molar-refractivity contribution in [1.29, 1.82) is 0 Å². The summed E-state index contributed by atoms with van der Waals surface area (Å²) in [5.74, 6) is -1.60. The third kappa shape index (κ3) is 7.86. The number of rotatable bonds is 8. The molecule has 1 rings (SSSR count). The van der Waals surface area contributed by atoms with E-state index in [0.717, 1.165) is 5.56 Å². The normalized spacial score (nSPS) is 13.0. The zero-order valence-electron chi connectivity index (χ0n) is 20.1. The summed E-state index contributed by atoms with van der Waals surface area (Å²) >= 11 is 0. The first-order valence-corrected chi connectivity index (χ1v) is 10.5. The summed E-state index contributed by atoms with van der Waals surface area (Å²) in [7, 11) is 1.22. The van der Waals surface area contributed by atoms with Gasteiger partial charge in [-0.05, 0) is 59.6 Å². The summed E-state index contributed by atoms with van der Waals surface area (Å²) in [6.45, 7) is 11.7. The third-order valence-electron chi connectivity index (χ3n) is 4.56. The van der Waals surface area contributed by atoms with E-state index in [0.29, 0.717) is 5.56 Å². The number of hydrogen-bond acceptors (Lipinski definition) is 6. The van der Waals surface area contributed by atoms with Gasteiger partial charge in [-0.3, -0.25) is 14.4 Å². The smallest absolute Gasteiger partial charge is 0.408 e. The summed E-state index contributed by atoms with van der Waals surface area (Å²) < 4.78 is 9.83. The number of methoxy groups -OCH3 is 1. The number of carbonyl (C=O) groups excluding carboxylic acids is 4. The Morgan fingerprint density at radius 3 is 2.16 bits per heavy atom. The standard InChI is InChI=1S/C23H35N3O6/c1-14(2)26(21(29)16(4)25-22(30)32-23(5,6)7)19(17-12-10-9-11-15(17)3)20(28)24-13-18(27)31-8/h9-12,14,16,19H,13H2,1-8H3,(H,24,28)(H,25,30). The Morgan fingerprint density at radius 1 is 1.06 bits per heavy atom. The van der Waals surface area contributed by atoms with Crippen LogP contribution >= 0.6 is 0 Å². The van der Waals surface area contributed by atoms with Crippen LogP contribution in [0, 0.1) is 6.92 Å². The van der Waals surface area contributed by atoms with Gasteiger partial charge in [-0.2, -0.15) is 0 Å². The maximum atomic E-state index is 13.4. The fourth-order valence-electron chi connectivity index (χ4n) is 3.09. The van der Waals surface area contributed by atoms with Crippen LogP contribution in [0.15, 0.2) is 24.3 Å². The summed E-state index contributed by atoms with van der Waals surface area (Å²) in [6, 6.07) is 4.83. The molecule has 2 unspecified atom stereocenters. The topological polar surface area (TPSA) is 114 Å². The monoisotopic (exact) mass is 449 g/mol. The van der Waals surface area contributed by atoms with Crippen molar-refractivity contribution < 1.29 is 28.7 Å². The van der Waals surface area contributed by atoms with Gasteiger partial charge in [0.1, 0.15) is 24.2 Å². The van der Waals surface area contributed by atoms with Gasteiger partial charge < -0.3 is 25.0 Å². The van der Waals surface area contributed by atoms with Gasteiger partial charge in [0.2, 0.25) is 11.8 Å². The molecular weight excluding hydrogens is 414 g/mol. The first-order valence-electron chi connectivity index (χ1n) is 10.5. The largest absolute Gasteiger partial charge is 0.468 e. The number of nitrogens with one attached hydrogen (secondary N) is 2. The number of amides is 3. The van der Waals surface area contributed by atoms with Crippen molar-refractivity contribution in [2.75, 3.05) is 13.7 Å². The van der Waals surface area contributed by atoms with E-state index in [1.807, 2.05) is 19.1 Å². The Bertz CT molecular complexity index is 831. The molecule has 178 valence electrons. The minimum atomic E-state index is -1.02. The summed E-state index contributed by atoms with van der Waals surface area (Å²) in [6.07, 6.45) is -0.732. The second-order valence-corrected chi connectivity index (χ2v) is 8.76. The van der Waals surface area contributed by atoms with Crippen LogP contribution in [0.2, 0.25) is 0 Å². The molecule has 9 heteroatoms. The maximum absolute atomic E-state index is 13.4. The van der Waals surface area contributed by atoms with E-state index in [-0.39, 0.29) is 12.6 Å². The zero-order chi connectivity index (χ0) is 24.6. The van der Waals surface area contributed by atoms with Crippen LogP contribution in [-0.4, -0.2) is 60.1 Å². The Kier molecular flexibility index (Phi) is 9.68. The van der Waals surface area contributed by atoms with Crippen LogP contribution in [0.4, 0.5) is 4.79 Å². The number of ether oxygens (including phenoxy) is 2. The minimum Gasteiger partial charge on any atom is -0.468 e. The lowest BCUT2D eigenvalue weighted by Gasteiger charge is -2.37. The van der Waals surface area contributed by atoms with Crippen LogP contribution in [0.5, 0.6) is 0 Å². The van der Waals surface area contributed by atoms with Gasteiger partial charge in [-0.1, -0.05) is 24.3 Å². The molecule has 0 saturated heterocycles. The van der Waals surface area contributed by atoms with E-state index < -0.39 is 41.6 Å². The number of benzene rings is 1. The van der Waals surface area contributed by atoms with E-state index in [9.17, 15) is 19.2 Å². The molecule has 0 heterocycles. The average Bonchev–Trinajstić information content (AvgIpc) is 2.68. The highest BCUT2D eigenvalue weighted by Crippen LogP contribution is 2.27. The molecule has 0 fully saturated rings. The van der Waals surface area contributed by atoms with Crippen molar-refractivity contribution in [3.63, 3.8) is 0 Å². The highest BCUT2D eigenvalue weighted by molar-refractivity contribution is 5.93. The maximum Gasteiger partial charge on any atom is 0.408 e. The lowest BCUT2D eigenvalue weighted by atomic mass is 9.97. The van der Waals surface area contributed by atoms with Crippen LogP contribution < -0.4 is 10.6 Å². The van der Waals surface area contributed by atoms with Crippen LogP contribution in [0.25, 0.3) is 0 Å². The molecule has 0 radical (unpaired) electrons. The molecule has 0 aromatic heterocycles. The Morgan fingerprint density at radius 2 is 1.66 bits per heavy atom. The predicted molar refractivity (Wildman–Crippen MR) is 120 cm³/mol. The molecule has 0 spiro atoms. The van der Waals surface area contributed by atoms with Crippen molar-refractivity contribution >= 4 is 23.9 Å². The molecule has 3 amide bonds. The first kappa shape index (κ1) is 26.9. The lowest BCUT2D eigenvalue weighted by molar-refractivity contribution is -0.146. The van der Waals surface area contributed by atoms with Crippen molar-refractivity contribution in [2.24, 2.45) is 0 Å². The molecule has 1 aromatic rings. The van der Waals surface area contributed by atoms with Crippen LogP contribution in [-0.2, 0) is 23.9 Å². The molecule has 0 aliphatic rings. The fourth-order valence-corrected chi connectivity index (χ4v) is 3.09. The highest BCUT2D eigenvalue weighted by Gasteiger charge is 2.37. The van der Waals surface area contributed by atoms with Crippen molar-refractivity contribution in [2.45, 2.75) is 72.2 Å². The molecule has 0 aliphatic heterocycles. The number of esters is 1. The van der Waals surface area contributed by atoms with Gasteiger partial charge in [0, 0.05) is 6.04 Å². The van der Waals surface area contributed by atoms with E-state index in [4.69, 9.17) is 4.74 Å². The number of aryl methyl sites for hydroxylation is 1. The quantitative estimate of drug-likeness (QED) is 0.590. The van der Waals surface area contributed by atoms with Crippen molar-refractivity contribution in [1.82, 2.24) is 15.5 Å². The van der Waals surface area contributed by atoms with E-state index >= 15 is 0 Å². The molecule has 0 aliphatic carbocycles. The van der Waals surface area contributed by atoms with Gasteiger partial charge in [0.25, 0.3) is 0 Å². The van der Waals surface area contributed by atoms with Crippen LogP contribution in [0.3, 0.4) is 0 Å². The molecular formula is C23H35N3O6. The third-order valence-corrected chi connectivity index (χ3v) is 4.56. The second kappa shape index (κ2) is 11.5. The van der Waals surface area contributed by atoms with Crippen molar-refractivity contribution in [3.05, 3.63) is 35.4 Å². The average molecular weight is 450 g/mol. The molecule has 1 aromatic carbocycles. The molecule has 2 N–H and O–H groups in total. The molecule has 32 heavy (non-hydrogen) atoms. The SMILES string of the molecule is COC(=O)CNC(=O)C(c1ccccc1C)N(C(=O)C(C)NC(=O)OC(C)(C)C)C(C)C. The van der Waals surface area contributed by atoms with Crippen LogP contribution in [0.1, 0.15) is 58.7 Å². The van der Waals surface area contributed by atoms with Gasteiger partial charge in [-0.15, -0.1) is 0 Å². The molecule has 9 nitrogen and oxygen atoms in total. The van der Waals surface area contributed by atoms with Crippen molar-refractivity contribution in [3.8, 4) is 0 Å². The minimum absolute atomic E-state index is 0.330. The molecule has 0 saturated carbocycles.